The molecule has 9 heteroatoms. The van der Waals surface area contributed by atoms with Crippen molar-refractivity contribution in [3.63, 3.8) is 0 Å². The molecule has 1 aliphatic rings. The van der Waals surface area contributed by atoms with Gasteiger partial charge in [-0.15, -0.1) is 0 Å². The molecule has 0 spiro atoms. The minimum Gasteiger partial charge on any atom is -0.488 e. The van der Waals surface area contributed by atoms with E-state index in [-0.39, 0.29) is 12.0 Å². The summed E-state index contributed by atoms with van der Waals surface area (Å²) < 4.78 is 46.6. The van der Waals surface area contributed by atoms with Gasteiger partial charge in [0.05, 0.1) is 23.5 Å². The Labute approximate surface area is 187 Å². The highest BCUT2D eigenvalue weighted by atomic mass is 19.4. The fourth-order valence-electron chi connectivity index (χ4n) is 4.24. The molecule has 6 nitrogen and oxygen atoms in total. The van der Waals surface area contributed by atoms with Crippen molar-refractivity contribution in [1.82, 2.24) is 19.5 Å². The van der Waals surface area contributed by atoms with Gasteiger partial charge in [-0.2, -0.15) is 18.3 Å². The molecular weight excluding hydrogens is 433 g/mol. The lowest BCUT2D eigenvalue weighted by molar-refractivity contribution is -0.138. The predicted octanol–water partition coefficient (Wildman–Crippen LogP) is 4.96. The van der Waals surface area contributed by atoms with Crippen molar-refractivity contribution in [3.8, 4) is 16.9 Å². The third kappa shape index (κ3) is 4.10. The van der Waals surface area contributed by atoms with Gasteiger partial charge in [-0.1, -0.05) is 12.1 Å². The fourth-order valence-corrected chi connectivity index (χ4v) is 4.24. The molecular formula is C24H21F3N4O2. The quantitative estimate of drug-likeness (QED) is 0.439. The Hall–Kier alpha value is -3.62. The van der Waals surface area contributed by atoms with E-state index in [2.05, 4.69) is 10.1 Å². The van der Waals surface area contributed by atoms with Crippen LogP contribution in [-0.2, 0) is 11.0 Å². The number of aromatic nitrogens is 3. The number of rotatable bonds is 3. The largest absolute Gasteiger partial charge is 0.488 e. The first-order chi connectivity index (χ1) is 15.8. The van der Waals surface area contributed by atoms with Crippen LogP contribution in [0.1, 0.15) is 25.3 Å². The van der Waals surface area contributed by atoms with Gasteiger partial charge in [0.1, 0.15) is 11.9 Å². The zero-order chi connectivity index (χ0) is 23.2. The van der Waals surface area contributed by atoms with Gasteiger partial charge in [0, 0.05) is 61.6 Å². The van der Waals surface area contributed by atoms with E-state index in [0.717, 1.165) is 47.0 Å². The number of carbonyl (C=O) groups excluding carboxylic acids is 1. The third-order valence-electron chi connectivity index (χ3n) is 6.06. The summed E-state index contributed by atoms with van der Waals surface area (Å²) in [5.74, 6) is 0.715. The van der Waals surface area contributed by atoms with Crippen molar-refractivity contribution in [2.75, 3.05) is 13.1 Å². The Bertz CT molecular complexity index is 1340. The normalized spacial score (nSPS) is 15.3. The summed E-state index contributed by atoms with van der Waals surface area (Å²) >= 11 is 0. The van der Waals surface area contributed by atoms with Crippen LogP contribution in [0, 0.1) is 0 Å². The van der Waals surface area contributed by atoms with Gasteiger partial charge >= 0.3 is 6.18 Å². The second kappa shape index (κ2) is 8.06. The number of piperidine rings is 1. The zero-order valence-corrected chi connectivity index (χ0v) is 17.8. The van der Waals surface area contributed by atoms with Crippen molar-refractivity contribution >= 4 is 22.2 Å². The molecule has 0 radical (unpaired) electrons. The van der Waals surface area contributed by atoms with E-state index in [9.17, 15) is 18.0 Å². The highest BCUT2D eigenvalue weighted by Gasteiger charge is 2.31. The summed E-state index contributed by atoms with van der Waals surface area (Å²) in [7, 11) is 0. The maximum Gasteiger partial charge on any atom is 0.417 e. The van der Waals surface area contributed by atoms with E-state index in [1.54, 1.807) is 25.5 Å². The Morgan fingerprint density at radius 1 is 1.09 bits per heavy atom. The van der Waals surface area contributed by atoms with Gasteiger partial charge in [0.25, 0.3) is 0 Å². The molecule has 1 saturated heterocycles. The van der Waals surface area contributed by atoms with Gasteiger partial charge in [-0.3, -0.25) is 9.78 Å². The Balaban J connectivity index is 1.47. The third-order valence-corrected chi connectivity index (χ3v) is 6.06. The highest BCUT2D eigenvalue weighted by molar-refractivity contribution is 5.93. The number of amides is 1. The van der Waals surface area contributed by atoms with E-state index in [1.807, 2.05) is 23.1 Å². The van der Waals surface area contributed by atoms with Gasteiger partial charge in [0.2, 0.25) is 5.91 Å². The van der Waals surface area contributed by atoms with Crippen LogP contribution in [0.25, 0.3) is 27.4 Å². The highest BCUT2D eigenvalue weighted by Crippen LogP contribution is 2.34. The minimum absolute atomic E-state index is 0.0191. The molecule has 33 heavy (non-hydrogen) atoms. The van der Waals surface area contributed by atoms with Crippen LogP contribution < -0.4 is 4.74 Å². The summed E-state index contributed by atoms with van der Waals surface area (Å²) in [5.41, 5.74) is 1.37. The van der Waals surface area contributed by atoms with Crippen LogP contribution in [0.4, 0.5) is 13.2 Å². The Morgan fingerprint density at radius 3 is 2.61 bits per heavy atom. The summed E-state index contributed by atoms with van der Waals surface area (Å²) in [6, 6.07) is 8.26. The summed E-state index contributed by atoms with van der Waals surface area (Å²) in [5, 5.41) is 5.89. The van der Waals surface area contributed by atoms with Gasteiger partial charge in [-0.05, 0) is 23.8 Å². The minimum atomic E-state index is -4.43. The van der Waals surface area contributed by atoms with Crippen molar-refractivity contribution in [1.29, 1.82) is 0 Å². The number of halogens is 3. The molecule has 4 aromatic rings. The molecule has 170 valence electrons. The van der Waals surface area contributed by atoms with Crippen molar-refractivity contribution in [2.24, 2.45) is 0 Å². The van der Waals surface area contributed by atoms with Gasteiger partial charge in [0.15, 0.2) is 0 Å². The second-order valence-corrected chi connectivity index (χ2v) is 8.20. The number of pyridine rings is 2. The number of carbonyl (C=O) groups is 1. The zero-order valence-electron chi connectivity index (χ0n) is 17.8. The number of hydrogen-bond acceptors (Lipinski definition) is 4. The van der Waals surface area contributed by atoms with Crippen molar-refractivity contribution in [3.05, 3.63) is 60.7 Å². The number of fused-ring (bicyclic) bond motifs is 2. The van der Waals surface area contributed by atoms with Gasteiger partial charge < -0.3 is 9.64 Å². The van der Waals surface area contributed by atoms with Crippen molar-refractivity contribution < 1.29 is 22.7 Å². The van der Waals surface area contributed by atoms with Crippen LogP contribution >= 0.6 is 0 Å². The molecule has 0 unspecified atom stereocenters. The molecule has 0 saturated carbocycles. The van der Waals surface area contributed by atoms with Crippen LogP contribution in [0.2, 0.25) is 0 Å². The number of likely N-dealkylation sites (tertiary alicyclic amines) is 1. The Kier molecular flexibility index (Phi) is 5.19. The second-order valence-electron chi connectivity index (χ2n) is 8.20. The summed E-state index contributed by atoms with van der Waals surface area (Å²) in [6.45, 7) is 2.89. The van der Waals surface area contributed by atoms with E-state index in [0.29, 0.717) is 24.4 Å². The number of nitrogens with zero attached hydrogens (tertiary/aromatic N) is 4. The van der Waals surface area contributed by atoms with E-state index in [1.165, 1.54) is 10.6 Å². The van der Waals surface area contributed by atoms with E-state index < -0.39 is 11.7 Å². The number of benzene rings is 1. The molecule has 0 aliphatic carbocycles. The topological polar surface area (TPSA) is 59.7 Å². The fraction of sp³-hybridized carbons (Fsp3) is 0.292. The maximum absolute atomic E-state index is 13.0. The molecule has 4 heterocycles. The average Bonchev–Trinajstić information content (AvgIpc) is 3.22. The predicted molar refractivity (Wildman–Crippen MR) is 117 cm³/mol. The van der Waals surface area contributed by atoms with Crippen LogP contribution in [-0.4, -0.2) is 44.6 Å². The van der Waals surface area contributed by atoms with E-state index in [4.69, 9.17) is 4.74 Å². The van der Waals surface area contributed by atoms with Gasteiger partial charge in [-0.25, -0.2) is 4.52 Å². The van der Waals surface area contributed by atoms with Crippen LogP contribution in [0.3, 0.4) is 0 Å². The molecule has 5 rings (SSSR count). The molecule has 3 aromatic heterocycles. The monoisotopic (exact) mass is 454 g/mol. The molecule has 1 aromatic carbocycles. The average molecular weight is 454 g/mol. The first kappa shape index (κ1) is 21.2. The first-order valence-corrected chi connectivity index (χ1v) is 10.6. The molecule has 0 atom stereocenters. The molecule has 1 fully saturated rings. The lowest BCUT2D eigenvalue weighted by Gasteiger charge is -2.31. The first-order valence-electron chi connectivity index (χ1n) is 10.6. The Morgan fingerprint density at radius 2 is 1.88 bits per heavy atom. The smallest absolute Gasteiger partial charge is 0.417 e. The summed E-state index contributed by atoms with van der Waals surface area (Å²) in [6.07, 6.45) is 3.02. The maximum atomic E-state index is 13.0. The SMILES string of the molecule is CC(=O)N1CCC(Oc2cncc3ccc(-c4cnn5cc(C(F)(F)F)ccc45)cc23)CC1. The molecule has 0 bridgehead atoms. The number of hydrogen-bond donors (Lipinski definition) is 0. The summed E-state index contributed by atoms with van der Waals surface area (Å²) in [4.78, 5) is 17.7. The number of alkyl halides is 3. The molecule has 0 N–H and O–H groups in total. The van der Waals surface area contributed by atoms with E-state index >= 15 is 0 Å². The van der Waals surface area contributed by atoms with Crippen LogP contribution in [0.5, 0.6) is 5.75 Å². The van der Waals surface area contributed by atoms with Crippen molar-refractivity contribution in [2.45, 2.75) is 32.0 Å². The van der Waals surface area contributed by atoms with Crippen LogP contribution in [0.15, 0.2) is 55.1 Å². The standard InChI is InChI=1S/C24H21F3N4O2/c1-15(32)30-8-6-19(7-9-30)33-23-13-28-11-17-3-2-16(10-20(17)23)21-12-29-31-14-18(24(25,26)27)4-5-22(21)31/h2-5,10-14,19H,6-9H2,1H3. The lowest BCUT2D eigenvalue weighted by atomic mass is 10.0. The molecule has 1 amide bonds. The molecule has 1 aliphatic heterocycles. The number of ether oxygens (including phenoxy) is 1. The lowest BCUT2D eigenvalue weighted by Crippen LogP contribution is -2.40.